The maximum Gasteiger partial charge on any atom is 0.337 e. The molecular formula is C38H53N3O6. The first-order valence-electron chi connectivity index (χ1n) is 17.7. The maximum absolute atomic E-state index is 10.4. The van der Waals surface area contributed by atoms with Crippen LogP contribution in [0.3, 0.4) is 0 Å². The molecule has 256 valence electrons. The number of nitroso groups, excluding NO2 is 1. The quantitative estimate of drug-likeness (QED) is 0.167. The third-order valence-electron chi connectivity index (χ3n) is 13.8. The van der Waals surface area contributed by atoms with Gasteiger partial charge in [0.05, 0.1) is 17.5 Å². The third-order valence-corrected chi connectivity index (χ3v) is 13.8. The van der Waals surface area contributed by atoms with E-state index in [9.17, 15) is 30.1 Å². The van der Waals surface area contributed by atoms with Gasteiger partial charge in [0, 0.05) is 7.05 Å². The molecule has 8 rings (SSSR count). The number of aromatic hydroxyl groups is 2. The summed E-state index contributed by atoms with van der Waals surface area (Å²) in [5.74, 6) is 4.98. The summed E-state index contributed by atoms with van der Waals surface area (Å²) >= 11 is 0. The van der Waals surface area contributed by atoms with Crippen molar-refractivity contribution in [3.63, 3.8) is 0 Å². The molecule has 9 heteroatoms. The highest BCUT2D eigenvalue weighted by Crippen LogP contribution is 2.62. The molecule has 0 spiro atoms. The van der Waals surface area contributed by atoms with Crippen molar-refractivity contribution in [3.8, 4) is 11.5 Å². The number of fused-ring (bicyclic) bond motifs is 10. The maximum atomic E-state index is 10.4. The number of benzene rings is 2. The Morgan fingerprint density at radius 1 is 0.745 bits per heavy atom. The Balaban J connectivity index is 0.000000138. The number of nitrogens with two attached hydrogens (primary N) is 1. The lowest BCUT2D eigenvalue weighted by molar-refractivity contribution is -0.0226. The van der Waals surface area contributed by atoms with E-state index in [1.54, 1.807) is 0 Å². The molecule has 0 aliphatic heterocycles. The zero-order valence-corrected chi connectivity index (χ0v) is 28.1. The van der Waals surface area contributed by atoms with Crippen molar-refractivity contribution in [3.05, 3.63) is 63.6 Å². The number of aliphatic hydroxyl groups is 2. The molecular weight excluding hydrogens is 594 g/mol. The molecule has 6 aliphatic carbocycles. The van der Waals surface area contributed by atoms with Gasteiger partial charge in [-0.2, -0.15) is 5.01 Å². The number of aliphatic hydroxyl groups excluding tert-OH is 2. The highest BCUT2D eigenvalue weighted by atomic mass is 16.3. The Morgan fingerprint density at radius 2 is 1.17 bits per heavy atom. The van der Waals surface area contributed by atoms with E-state index in [-0.39, 0.29) is 23.0 Å². The Kier molecular flexibility index (Phi) is 9.35. The lowest BCUT2D eigenvalue weighted by Crippen LogP contribution is -2.43. The van der Waals surface area contributed by atoms with Crippen LogP contribution in [-0.2, 0) is 12.8 Å². The molecule has 0 aromatic heterocycles. The highest BCUT2D eigenvalue weighted by molar-refractivity contribution is 5.71. The number of carbonyl (C=O) groups excluding carboxylic acids is 1. The second kappa shape index (κ2) is 13.0. The average molecular weight is 648 g/mol. The van der Waals surface area contributed by atoms with E-state index in [0.29, 0.717) is 40.2 Å². The standard InChI is InChI=1S/2C18H24O2.C2H5N3O2/c2*1-18-9-8-14-13-5-3-12(19)10-11(13)2-4-15(14)16(18)6-7-17(18)20;1-5(4-7)2(3)6/h2*3,5,10,14-17,19-20H,2,4,6-9H2,1H3;1H3,(H2,3,6)/t2*14-,15-,16+,17+,18+;/m11./s1. The topological polar surface area (TPSA) is 157 Å². The van der Waals surface area contributed by atoms with E-state index in [1.165, 1.54) is 67.8 Å². The van der Waals surface area contributed by atoms with Gasteiger partial charge >= 0.3 is 6.03 Å². The lowest BCUT2D eigenvalue weighted by Gasteiger charge is -2.50. The number of rotatable bonds is 1. The van der Waals surface area contributed by atoms with Gasteiger partial charge < -0.3 is 26.2 Å². The van der Waals surface area contributed by atoms with E-state index in [0.717, 1.165) is 50.4 Å². The highest BCUT2D eigenvalue weighted by Gasteiger charge is 2.55. The summed E-state index contributed by atoms with van der Waals surface area (Å²) in [4.78, 5) is 19.1. The summed E-state index contributed by atoms with van der Waals surface area (Å²) in [6, 6.07) is 11.1. The average Bonchev–Trinajstić information content (AvgIpc) is 3.54. The van der Waals surface area contributed by atoms with Crippen molar-refractivity contribution in [1.29, 1.82) is 0 Å². The zero-order chi connectivity index (χ0) is 33.7. The van der Waals surface area contributed by atoms with Crippen LogP contribution < -0.4 is 5.73 Å². The first-order valence-corrected chi connectivity index (χ1v) is 17.7. The van der Waals surface area contributed by atoms with Crippen LogP contribution >= 0.6 is 0 Å². The Hall–Kier alpha value is -3.17. The lowest BCUT2D eigenvalue weighted by atomic mass is 9.55. The zero-order valence-electron chi connectivity index (χ0n) is 28.1. The Bertz CT molecular complexity index is 1390. The van der Waals surface area contributed by atoms with Crippen molar-refractivity contribution in [2.45, 2.75) is 115 Å². The Morgan fingerprint density at radius 3 is 1.53 bits per heavy atom. The van der Waals surface area contributed by atoms with Crippen molar-refractivity contribution < 1.29 is 25.2 Å². The number of phenols is 2. The van der Waals surface area contributed by atoms with E-state index < -0.39 is 6.03 Å². The molecule has 4 fully saturated rings. The summed E-state index contributed by atoms with van der Waals surface area (Å²) in [6.45, 7) is 4.63. The molecule has 6 aliphatic rings. The molecule has 2 amide bonds. The van der Waals surface area contributed by atoms with Crippen molar-refractivity contribution in [2.24, 2.45) is 45.5 Å². The largest absolute Gasteiger partial charge is 0.508 e. The predicted octanol–water partition coefficient (Wildman–Crippen LogP) is 6.90. The Labute approximate surface area is 278 Å². The molecule has 47 heavy (non-hydrogen) atoms. The van der Waals surface area contributed by atoms with Crippen LogP contribution in [0.15, 0.2) is 41.7 Å². The van der Waals surface area contributed by atoms with Gasteiger partial charge in [0.1, 0.15) is 11.5 Å². The molecule has 10 atom stereocenters. The van der Waals surface area contributed by atoms with Gasteiger partial charge in [0.2, 0.25) is 0 Å². The molecule has 2 aromatic carbocycles. The van der Waals surface area contributed by atoms with Crippen LogP contribution in [0.4, 0.5) is 4.79 Å². The number of amides is 2. The second-order valence-corrected chi connectivity index (χ2v) is 15.8. The van der Waals surface area contributed by atoms with Crippen LogP contribution in [0.2, 0.25) is 0 Å². The number of phenolic OH excluding ortho intramolecular Hbond substituents is 2. The fourth-order valence-electron chi connectivity index (χ4n) is 11.1. The molecule has 0 saturated heterocycles. The monoisotopic (exact) mass is 647 g/mol. The van der Waals surface area contributed by atoms with Gasteiger partial charge in [-0.15, -0.1) is 4.91 Å². The smallest absolute Gasteiger partial charge is 0.337 e. The summed E-state index contributed by atoms with van der Waals surface area (Å²) < 4.78 is 0. The fourth-order valence-corrected chi connectivity index (χ4v) is 11.1. The number of primary amides is 1. The van der Waals surface area contributed by atoms with Crippen LogP contribution in [-0.4, -0.2) is 50.7 Å². The molecule has 0 unspecified atom stereocenters. The first kappa shape index (κ1) is 33.7. The molecule has 0 bridgehead atoms. The fraction of sp³-hybridized carbons (Fsp3) is 0.658. The van der Waals surface area contributed by atoms with Crippen LogP contribution in [0.5, 0.6) is 11.5 Å². The van der Waals surface area contributed by atoms with Crippen LogP contribution in [0.25, 0.3) is 0 Å². The van der Waals surface area contributed by atoms with Gasteiger partial charge in [0.25, 0.3) is 0 Å². The van der Waals surface area contributed by atoms with Crippen molar-refractivity contribution >= 4 is 6.03 Å². The van der Waals surface area contributed by atoms with Gasteiger partial charge in [-0.25, -0.2) is 4.79 Å². The van der Waals surface area contributed by atoms with E-state index in [2.05, 4.69) is 37.0 Å². The number of aryl methyl sites for hydroxylation is 2. The van der Waals surface area contributed by atoms with Gasteiger partial charge in [-0.3, -0.25) is 0 Å². The van der Waals surface area contributed by atoms with Crippen LogP contribution in [0, 0.1) is 39.4 Å². The number of nitrogens with zero attached hydrogens (tertiary/aromatic N) is 2. The van der Waals surface area contributed by atoms with Gasteiger partial charge in [0.15, 0.2) is 0 Å². The number of carbonyl (C=O) groups is 1. The van der Waals surface area contributed by atoms with Crippen LogP contribution in [0.1, 0.15) is 112 Å². The molecule has 0 heterocycles. The summed E-state index contributed by atoms with van der Waals surface area (Å²) in [5, 5.41) is 42.8. The number of hydrogen-bond donors (Lipinski definition) is 5. The van der Waals surface area contributed by atoms with Crippen molar-refractivity contribution in [2.75, 3.05) is 7.05 Å². The molecule has 2 aromatic rings. The van der Waals surface area contributed by atoms with Gasteiger partial charge in [-0.05, 0) is 170 Å². The first-order chi connectivity index (χ1) is 22.4. The van der Waals surface area contributed by atoms with E-state index in [4.69, 9.17) is 0 Å². The minimum absolute atomic E-state index is 0.0883. The molecule has 4 saturated carbocycles. The van der Waals surface area contributed by atoms with Gasteiger partial charge in [-0.1, -0.05) is 26.0 Å². The predicted molar refractivity (Wildman–Crippen MR) is 181 cm³/mol. The number of urea groups is 1. The van der Waals surface area contributed by atoms with E-state index in [1.807, 2.05) is 24.3 Å². The minimum Gasteiger partial charge on any atom is -0.508 e. The molecule has 0 radical (unpaired) electrons. The third kappa shape index (κ3) is 6.03. The van der Waals surface area contributed by atoms with Crippen molar-refractivity contribution in [1.82, 2.24) is 5.01 Å². The number of hydrogen-bond acceptors (Lipinski definition) is 7. The summed E-state index contributed by atoms with van der Waals surface area (Å²) in [5.41, 5.74) is 10.5. The second-order valence-electron chi connectivity index (χ2n) is 15.8. The van der Waals surface area contributed by atoms with E-state index >= 15 is 0 Å². The SMILES string of the molecule is CN(N=O)C(N)=O.C[C@]12CC[C@@H]3c4ccc(O)cc4CC[C@H]3[C@@H]1CC[C@@H]2O.C[C@]12CC[C@@H]3c4ccc(O)cc4CC[C@H]3[C@@H]1CC[C@@H]2O. The summed E-state index contributed by atoms with van der Waals surface area (Å²) in [6.07, 6.45) is 13.6. The molecule has 9 nitrogen and oxygen atoms in total. The normalized spacial score (nSPS) is 37.5. The molecule has 6 N–H and O–H groups in total. The minimum atomic E-state index is -0.852. The summed E-state index contributed by atoms with van der Waals surface area (Å²) in [7, 11) is 1.18.